The lowest BCUT2D eigenvalue weighted by Gasteiger charge is -2.06. The zero-order chi connectivity index (χ0) is 12.1. The summed E-state index contributed by atoms with van der Waals surface area (Å²) in [5.41, 5.74) is 0. The number of aliphatic carboxylic acids is 2. The summed E-state index contributed by atoms with van der Waals surface area (Å²) in [5, 5.41) is 17.2. The average Bonchev–Trinajstić information content (AvgIpc) is 2.98. The number of carbonyl (C=O) groups excluding carboxylic acids is 1. The van der Waals surface area contributed by atoms with Gasteiger partial charge in [0.2, 0.25) is 0 Å². The lowest BCUT2D eigenvalue weighted by Crippen LogP contribution is -2.23. The van der Waals surface area contributed by atoms with Crippen molar-refractivity contribution in [3.05, 3.63) is 0 Å². The summed E-state index contributed by atoms with van der Waals surface area (Å²) in [7, 11) is 0. The van der Waals surface area contributed by atoms with Crippen molar-refractivity contribution >= 4 is 17.7 Å². The number of rotatable bonds is 8. The standard InChI is InChI=1S/C11H16O5/c12-9(7-5-6-7)4-2-1-3-8(10(13)14)11(15)16/h7-8H,1-6H2,(H,13,14)(H,15,16). The molecular formula is C11H16O5. The number of hydrogen-bond acceptors (Lipinski definition) is 3. The second-order valence-corrected chi connectivity index (χ2v) is 4.22. The van der Waals surface area contributed by atoms with Gasteiger partial charge in [-0.2, -0.15) is 0 Å². The van der Waals surface area contributed by atoms with E-state index in [0.717, 1.165) is 12.8 Å². The van der Waals surface area contributed by atoms with Crippen molar-refractivity contribution in [3.63, 3.8) is 0 Å². The quantitative estimate of drug-likeness (QED) is 0.482. The van der Waals surface area contributed by atoms with E-state index in [1.165, 1.54) is 0 Å². The maximum absolute atomic E-state index is 11.3. The molecule has 0 bridgehead atoms. The molecule has 16 heavy (non-hydrogen) atoms. The molecule has 2 N–H and O–H groups in total. The van der Waals surface area contributed by atoms with Crippen LogP contribution in [0.4, 0.5) is 0 Å². The highest BCUT2D eigenvalue weighted by Crippen LogP contribution is 2.31. The molecule has 90 valence electrons. The minimum Gasteiger partial charge on any atom is -0.481 e. The van der Waals surface area contributed by atoms with Gasteiger partial charge in [0.1, 0.15) is 5.78 Å². The van der Waals surface area contributed by atoms with Crippen LogP contribution in [0.15, 0.2) is 0 Å². The molecule has 0 saturated heterocycles. The van der Waals surface area contributed by atoms with E-state index in [0.29, 0.717) is 19.3 Å². The van der Waals surface area contributed by atoms with Crippen molar-refractivity contribution in [1.29, 1.82) is 0 Å². The number of unbranched alkanes of at least 4 members (excludes halogenated alkanes) is 1. The van der Waals surface area contributed by atoms with Gasteiger partial charge in [-0.25, -0.2) is 0 Å². The van der Waals surface area contributed by atoms with Gasteiger partial charge in [0, 0.05) is 12.3 Å². The van der Waals surface area contributed by atoms with Crippen molar-refractivity contribution in [3.8, 4) is 0 Å². The van der Waals surface area contributed by atoms with Crippen molar-refractivity contribution in [2.45, 2.75) is 38.5 Å². The smallest absolute Gasteiger partial charge is 0.317 e. The van der Waals surface area contributed by atoms with Crippen LogP contribution in [0, 0.1) is 11.8 Å². The third-order valence-electron chi connectivity index (χ3n) is 2.79. The van der Waals surface area contributed by atoms with Crippen LogP contribution in [0.25, 0.3) is 0 Å². The van der Waals surface area contributed by atoms with Crippen LogP contribution in [0.2, 0.25) is 0 Å². The number of Topliss-reactive ketones (excluding diaryl/α,β-unsaturated/α-hetero) is 1. The third-order valence-corrected chi connectivity index (χ3v) is 2.79. The molecule has 0 unspecified atom stereocenters. The van der Waals surface area contributed by atoms with E-state index >= 15 is 0 Å². The molecule has 0 aromatic carbocycles. The Morgan fingerprint density at radius 1 is 1.06 bits per heavy atom. The molecule has 1 aliphatic carbocycles. The molecule has 5 nitrogen and oxygen atoms in total. The summed E-state index contributed by atoms with van der Waals surface area (Å²) in [4.78, 5) is 32.4. The van der Waals surface area contributed by atoms with E-state index in [4.69, 9.17) is 10.2 Å². The summed E-state index contributed by atoms with van der Waals surface area (Å²) >= 11 is 0. The highest BCUT2D eigenvalue weighted by Gasteiger charge is 2.29. The van der Waals surface area contributed by atoms with Crippen LogP contribution in [0.1, 0.15) is 38.5 Å². The molecule has 1 fully saturated rings. The largest absolute Gasteiger partial charge is 0.481 e. The Balaban J connectivity index is 2.15. The van der Waals surface area contributed by atoms with Gasteiger partial charge < -0.3 is 10.2 Å². The fourth-order valence-electron chi connectivity index (χ4n) is 1.61. The second-order valence-electron chi connectivity index (χ2n) is 4.22. The molecule has 1 aliphatic rings. The Labute approximate surface area is 93.5 Å². The van der Waals surface area contributed by atoms with Gasteiger partial charge in [-0.05, 0) is 25.7 Å². The van der Waals surface area contributed by atoms with Gasteiger partial charge in [0.15, 0.2) is 5.92 Å². The summed E-state index contributed by atoms with van der Waals surface area (Å²) in [6, 6.07) is 0. The molecule has 0 aliphatic heterocycles. The van der Waals surface area contributed by atoms with Crippen LogP contribution in [0.5, 0.6) is 0 Å². The summed E-state index contributed by atoms with van der Waals surface area (Å²) in [6.45, 7) is 0. The highest BCUT2D eigenvalue weighted by molar-refractivity contribution is 5.92. The van der Waals surface area contributed by atoms with E-state index in [1.54, 1.807) is 0 Å². The molecule has 0 radical (unpaired) electrons. The lowest BCUT2D eigenvalue weighted by atomic mass is 10.0. The normalized spacial score (nSPS) is 15.1. The molecule has 0 spiro atoms. The Hall–Kier alpha value is -1.39. The maximum atomic E-state index is 11.3. The Bertz CT molecular complexity index is 279. The molecule has 0 atom stereocenters. The predicted molar refractivity (Wildman–Crippen MR) is 55.0 cm³/mol. The maximum Gasteiger partial charge on any atom is 0.317 e. The molecule has 0 amide bonds. The summed E-state index contributed by atoms with van der Waals surface area (Å²) < 4.78 is 0. The molecule has 1 rings (SSSR count). The Morgan fingerprint density at radius 3 is 2.06 bits per heavy atom. The first-order chi connectivity index (χ1) is 7.52. The van der Waals surface area contributed by atoms with E-state index < -0.39 is 17.9 Å². The lowest BCUT2D eigenvalue weighted by molar-refractivity contribution is -0.154. The van der Waals surface area contributed by atoms with Gasteiger partial charge in [-0.1, -0.05) is 6.42 Å². The van der Waals surface area contributed by atoms with Gasteiger partial charge in [0.25, 0.3) is 0 Å². The first-order valence-electron chi connectivity index (χ1n) is 5.50. The van der Waals surface area contributed by atoms with Crippen LogP contribution in [-0.2, 0) is 14.4 Å². The fraction of sp³-hybridized carbons (Fsp3) is 0.727. The van der Waals surface area contributed by atoms with Crippen molar-refractivity contribution in [2.24, 2.45) is 11.8 Å². The van der Waals surface area contributed by atoms with Gasteiger partial charge in [0.05, 0.1) is 0 Å². The van der Waals surface area contributed by atoms with Gasteiger partial charge >= 0.3 is 11.9 Å². The van der Waals surface area contributed by atoms with Crippen LogP contribution in [0.3, 0.4) is 0 Å². The van der Waals surface area contributed by atoms with Crippen LogP contribution in [-0.4, -0.2) is 27.9 Å². The Kier molecular flexibility index (Phi) is 4.46. The molecular weight excluding hydrogens is 212 g/mol. The molecule has 1 saturated carbocycles. The Morgan fingerprint density at radius 2 is 1.62 bits per heavy atom. The van der Waals surface area contributed by atoms with E-state index in [9.17, 15) is 14.4 Å². The van der Waals surface area contributed by atoms with Crippen molar-refractivity contribution in [2.75, 3.05) is 0 Å². The third kappa shape index (κ3) is 4.00. The minimum absolute atomic E-state index is 0.0998. The molecule has 0 aromatic heterocycles. The van der Waals surface area contributed by atoms with Crippen LogP contribution < -0.4 is 0 Å². The monoisotopic (exact) mass is 228 g/mol. The number of carbonyl (C=O) groups is 3. The summed E-state index contributed by atoms with van der Waals surface area (Å²) in [5.74, 6) is -3.48. The van der Waals surface area contributed by atoms with E-state index in [1.807, 2.05) is 0 Å². The number of ketones is 1. The second kappa shape index (κ2) is 5.63. The summed E-state index contributed by atoms with van der Waals surface area (Å²) in [6.07, 6.45) is 3.57. The zero-order valence-electron chi connectivity index (χ0n) is 9.02. The number of carboxylic acids is 2. The minimum atomic E-state index is -1.34. The van der Waals surface area contributed by atoms with E-state index in [-0.39, 0.29) is 18.1 Å². The molecule has 0 heterocycles. The van der Waals surface area contributed by atoms with Crippen molar-refractivity contribution < 1.29 is 24.6 Å². The number of hydrogen-bond donors (Lipinski definition) is 2. The zero-order valence-corrected chi connectivity index (χ0v) is 9.02. The van der Waals surface area contributed by atoms with Crippen molar-refractivity contribution in [1.82, 2.24) is 0 Å². The topological polar surface area (TPSA) is 91.7 Å². The van der Waals surface area contributed by atoms with Gasteiger partial charge in [-0.3, -0.25) is 14.4 Å². The average molecular weight is 228 g/mol. The SMILES string of the molecule is O=C(CCCCC(C(=O)O)C(=O)O)C1CC1. The fourth-order valence-corrected chi connectivity index (χ4v) is 1.61. The van der Waals surface area contributed by atoms with Gasteiger partial charge in [-0.15, -0.1) is 0 Å². The number of carboxylic acid groups (broad SMARTS) is 2. The highest BCUT2D eigenvalue weighted by atomic mass is 16.4. The molecule has 0 aromatic rings. The molecule has 5 heteroatoms. The predicted octanol–water partition coefficient (Wildman–Crippen LogP) is 1.31. The van der Waals surface area contributed by atoms with E-state index in [2.05, 4.69) is 0 Å². The first-order valence-corrected chi connectivity index (χ1v) is 5.50. The van der Waals surface area contributed by atoms with Crippen LogP contribution >= 0.6 is 0 Å². The first kappa shape index (κ1) is 12.7.